The number of ether oxygens (including phenoxy) is 2. The third kappa shape index (κ3) is 12.4. The van der Waals surface area contributed by atoms with E-state index in [9.17, 15) is 70.2 Å². The van der Waals surface area contributed by atoms with Gasteiger partial charge in [0.25, 0.3) is 40.5 Å². The number of rotatable bonds is 24. The predicted molar refractivity (Wildman–Crippen MR) is 272 cm³/mol. The first-order chi connectivity index (χ1) is 33.9. The summed E-state index contributed by atoms with van der Waals surface area (Å²) in [5, 5.41) is 9.47. The average Bonchev–Trinajstić information content (AvgIpc) is 3.64. The standard InChI is InChI=1S/C47H57N3O18S5/c1-46(2)41(49(22-11-7-10-15-43(51)52)37-18-16-33-35(44(37)46)27-31(29-39(33)72(61,62)63)70(56,57)48-21-24-67-4)13-8-6-9-14-42-47(3,20-12-26-69(53,54)55)45-36-28-32(71(58,59)60)30-40(73(64,65)66)34(36)17-19-38(45)50(42)23-25-68-5/h6,8-9,13-14,16-19,27-30,48H,7,10-12,15,20-26H2,1-5H3,(H4-,51,52,53,54,55,58,59,60,61,62,63,64,65,66)/p+1. The average molecular weight is 1110 g/mol. The molecule has 4 aromatic rings. The van der Waals surface area contributed by atoms with Crippen molar-refractivity contribution in [1.29, 1.82) is 0 Å². The van der Waals surface area contributed by atoms with Gasteiger partial charge in [-0.1, -0.05) is 44.6 Å². The van der Waals surface area contributed by atoms with E-state index < -0.39 is 92.6 Å². The van der Waals surface area contributed by atoms with E-state index in [2.05, 4.69) is 4.72 Å². The molecule has 21 nitrogen and oxygen atoms in total. The number of fused-ring (bicyclic) bond motifs is 6. The van der Waals surface area contributed by atoms with E-state index in [0.29, 0.717) is 65.8 Å². The summed E-state index contributed by atoms with van der Waals surface area (Å²) in [6, 6.07) is 10.0. The molecule has 0 aromatic heterocycles. The van der Waals surface area contributed by atoms with E-state index in [-0.39, 0.29) is 67.1 Å². The summed E-state index contributed by atoms with van der Waals surface area (Å²) < 4.78 is 183. The minimum Gasteiger partial charge on any atom is -0.481 e. The first kappa shape index (κ1) is 57.3. The monoisotopic (exact) mass is 1110 g/mol. The molecule has 0 saturated carbocycles. The molecule has 0 bridgehead atoms. The zero-order chi connectivity index (χ0) is 54.1. The first-order valence-corrected chi connectivity index (χ1v) is 30.1. The van der Waals surface area contributed by atoms with E-state index in [1.807, 2.05) is 23.3 Å². The SMILES string of the molecule is COCCNS(=O)(=O)c1cc(S(=O)(=O)O)c2ccc3c(c2c1)C(C)(C)\C(=C/C=C/C=C/C1=[N+](CCOC)c2ccc4c(S(=O)(=O)O)cc(S(=O)(=O)O)cc4c2C1(C)CCCS(=O)(=O)O)N3CCCCCC(=O)O. The van der Waals surface area contributed by atoms with Crippen LogP contribution in [0.5, 0.6) is 0 Å². The van der Waals surface area contributed by atoms with E-state index in [1.54, 1.807) is 49.4 Å². The number of sulfonamides is 1. The number of allylic oxidation sites excluding steroid dienone is 6. The number of carbonyl (C=O) groups is 1. The van der Waals surface area contributed by atoms with Crippen molar-refractivity contribution in [2.45, 2.75) is 89.7 Å². The molecule has 4 aromatic carbocycles. The number of aliphatic carboxylic acids is 1. The highest BCUT2D eigenvalue weighted by molar-refractivity contribution is 7.89. The van der Waals surface area contributed by atoms with Gasteiger partial charge in [0.1, 0.15) is 16.4 Å². The van der Waals surface area contributed by atoms with E-state index in [4.69, 9.17) is 9.47 Å². The molecule has 0 spiro atoms. The zero-order valence-electron chi connectivity index (χ0n) is 40.5. The third-order valence-corrected chi connectivity index (χ3v) is 17.9. The summed E-state index contributed by atoms with van der Waals surface area (Å²) >= 11 is 0. The van der Waals surface area contributed by atoms with Crippen molar-refractivity contribution in [1.82, 2.24) is 4.72 Å². The lowest BCUT2D eigenvalue weighted by atomic mass is 9.74. The van der Waals surface area contributed by atoms with E-state index >= 15 is 0 Å². The van der Waals surface area contributed by atoms with Crippen molar-refractivity contribution < 1.29 is 84.3 Å². The van der Waals surface area contributed by atoms with Gasteiger partial charge in [0, 0.05) is 79.0 Å². The van der Waals surface area contributed by atoms with Crippen molar-refractivity contribution in [3.05, 3.63) is 95.7 Å². The van der Waals surface area contributed by atoms with Gasteiger partial charge >= 0.3 is 5.97 Å². The molecule has 2 heterocycles. The van der Waals surface area contributed by atoms with Crippen molar-refractivity contribution in [3.8, 4) is 0 Å². The van der Waals surface area contributed by atoms with Gasteiger partial charge in [-0.15, -0.1) is 0 Å². The highest BCUT2D eigenvalue weighted by Gasteiger charge is 2.49. The second kappa shape index (κ2) is 21.7. The molecule has 0 fully saturated rings. The number of nitrogens with zero attached hydrogens (tertiary/aromatic N) is 2. The number of hydrogen-bond donors (Lipinski definition) is 6. The highest BCUT2D eigenvalue weighted by Crippen LogP contribution is 2.52. The fraction of sp³-hybridized carbons (Fsp3) is 0.404. The maximum absolute atomic E-state index is 13.6. The van der Waals surface area contributed by atoms with Crippen LogP contribution in [0, 0.1) is 0 Å². The maximum Gasteiger partial charge on any atom is 0.303 e. The minimum absolute atomic E-state index is 0.00934. The Kier molecular flexibility index (Phi) is 17.0. The van der Waals surface area contributed by atoms with Crippen LogP contribution in [-0.4, -0.2) is 134 Å². The van der Waals surface area contributed by atoms with Crippen molar-refractivity contribution in [2.75, 3.05) is 57.7 Å². The lowest BCUT2D eigenvalue weighted by Crippen LogP contribution is -2.32. The largest absolute Gasteiger partial charge is 0.481 e. The first-order valence-electron chi connectivity index (χ1n) is 22.7. The van der Waals surface area contributed by atoms with Gasteiger partial charge < -0.3 is 19.5 Å². The normalized spacial score (nSPS) is 18.0. The molecule has 1 unspecified atom stereocenters. The Morgan fingerprint density at radius 1 is 0.699 bits per heavy atom. The van der Waals surface area contributed by atoms with Crippen LogP contribution < -0.4 is 9.62 Å². The van der Waals surface area contributed by atoms with Gasteiger partial charge in [0.2, 0.25) is 15.7 Å². The summed E-state index contributed by atoms with van der Waals surface area (Å²) in [4.78, 5) is 10.6. The van der Waals surface area contributed by atoms with Gasteiger partial charge in [-0.25, -0.2) is 13.1 Å². The minimum atomic E-state index is -5.09. The fourth-order valence-corrected chi connectivity index (χ4v) is 13.6. The molecule has 2 aliphatic heterocycles. The van der Waals surface area contributed by atoms with Crippen molar-refractivity contribution in [3.63, 3.8) is 0 Å². The van der Waals surface area contributed by atoms with Crippen LogP contribution in [0.4, 0.5) is 11.4 Å². The molecule has 6 N–H and O–H groups in total. The molecule has 1 atom stereocenters. The van der Waals surface area contributed by atoms with Crippen LogP contribution in [0.2, 0.25) is 0 Å². The van der Waals surface area contributed by atoms with Gasteiger partial charge in [0.15, 0.2) is 12.3 Å². The number of unbranched alkanes of at least 4 members (excludes halogenated alkanes) is 2. The van der Waals surface area contributed by atoms with E-state index in [1.165, 1.54) is 32.4 Å². The van der Waals surface area contributed by atoms with Crippen LogP contribution in [0.3, 0.4) is 0 Å². The number of benzene rings is 4. The Morgan fingerprint density at radius 2 is 1.30 bits per heavy atom. The molecule has 398 valence electrons. The zero-order valence-corrected chi connectivity index (χ0v) is 44.6. The maximum atomic E-state index is 13.6. The van der Waals surface area contributed by atoms with Crippen LogP contribution in [0.15, 0.2) is 104 Å². The molecule has 0 aliphatic carbocycles. The molecule has 73 heavy (non-hydrogen) atoms. The third-order valence-electron chi connectivity index (χ3n) is 13.0. The van der Waals surface area contributed by atoms with Crippen LogP contribution in [-0.2, 0) is 75.6 Å². The predicted octanol–water partition coefficient (Wildman–Crippen LogP) is 5.77. The summed E-state index contributed by atoms with van der Waals surface area (Å²) in [7, 11) is -21.1. The number of methoxy groups -OCH3 is 2. The van der Waals surface area contributed by atoms with Gasteiger partial charge in [-0.05, 0) is 91.4 Å². The molecule has 26 heteroatoms. The van der Waals surface area contributed by atoms with Crippen LogP contribution >= 0.6 is 0 Å². The Bertz CT molecular complexity index is 3570. The van der Waals surface area contributed by atoms with Crippen LogP contribution in [0.1, 0.15) is 70.4 Å². The number of hydrogen-bond acceptors (Lipinski definition) is 14. The summed E-state index contributed by atoms with van der Waals surface area (Å²) in [6.45, 7) is 6.00. The molecular formula is C47H58N3O18S5+. The molecular weight excluding hydrogens is 1050 g/mol. The van der Waals surface area contributed by atoms with E-state index in [0.717, 1.165) is 12.1 Å². The molecule has 0 radical (unpaired) electrons. The molecule has 0 saturated heterocycles. The summed E-state index contributed by atoms with van der Waals surface area (Å²) in [5.74, 6) is -1.61. The summed E-state index contributed by atoms with van der Waals surface area (Å²) in [6.07, 6.45) is 9.83. The number of carboxylic acid groups (broad SMARTS) is 1. The van der Waals surface area contributed by atoms with Crippen LogP contribution in [0.25, 0.3) is 21.5 Å². The topological polar surface area (TPSA) is 326 Å². The lowest BCUT2D eigenvalue weighted by Gasteiger charge is -2.27. The quantitative estimate of drug-likeness (QED) is 0.0210. The number of carboxylic acids is 1. The Morgan fingerprint density at radius 3 is 1.89 bits per heavy atom. The summed E-state index contributed by atoms with van der Waals surface area (Å²) in [5.41, 5.74) is 0.826. The number of nitrogens with one attached hydrogen (secondary N) is 1. The van der Waals surface area contributed by atoms with Gasteiger partial charge in [0.05, 0.1) is 27.6 Å². The highest BCUT2D eigenvalue weighted by atomic mass is 32.2. The Hall–Kier alpha value is -4.97. The fourth-order valence-electron chi connectivity index (χ4n) is 9.84. The Labute approximate surface area is 424 Å². The Balaban J connectivity index is 1.52. The molecule has 0 amide bonds. The molecule has 6 rings (SSSR count). The van der Waals surface area contributed by atoms with Gasteiger partial charge in [-0.3, -0.25) is 23.0 Å². The second-order valence-electron chi connectivity index (χ2n) is 18.3. The van der Waals surface area contributed by atoms with Crippen molar-refractivity contribution >= 4 is 95.1 Å². The molecule has 2 aliphatic rings. The lowest BCUT2D eigenvalue weighted by molar-refractivity contribution is -0.441. The van der Waals surface area contributed by atoms with Gasteiger partial charge in [-0.2, -0.15) is 38.2 Å². The van der Waals surface area contributed by atoms with Crippen molar-refractivity contribution in [2.24, 2.45) is 0 Å². The number of anilines is 1. The smallest absolute Gasteiger partial charge is 0.303 e. The second-order valence-corrected chi connectivity index (χ2v) is 25.8.